The Morgan fingerprint density at radius 2 is 1.39 bits per heavy atom. The van der Waals surface area contributed by atoms with Crippen molar-refractivity contribution in [2.24, 2.45) is 0 Å². The molecule has 0 saturated heterocycles. The molecule has 0 N–H and O–H groups in total. The van der Waals surface area contributed by atoms with Gasteiger partial charge in [-0.3, -0.25) is 13.9 Å². The number of rotatable bonds is 2. The van der Waals surface area contributed by atoms with Crippen LogP contribution < -0.4 is 5.56 Å². The molecule has 0 amide bonds. The van der Waals surface area contributed by atoms with E-state index in [-0.39, 0.29) is 5.56 Å². The molecule has 28 heavy (non-hydrogen) atoms. The molecule has 5 aromatic rings. The molecule has 0 atom stereocenters. The van der Waals surface area contributed by atoms with Gasteiger partial charge in [-0.1, -0.05) is 42.5 Å². The average molecular weight is 382 g/mol. The minimum Gasteiger partial charge on any atom is -0.269 e. The molecular weight excluding hydrogens is 368 g/mol. The van der Waals surface area contributed by atoms with E-state index in [9.17, 15) is 4.79 Å². The highest BCUT2D eigenvalue weighted by molar-refractivity contribution is 7.71. The molecule has 0 bridgehead atoms. The first-order valence-electron chi connectivity index (χ1n) is 8.78. The summed E-state index contributed by atoms with van der Waals surface area (Å²) in [6.45, 7) is 0. The van der Waals surface area contributed by atoms with Crippen LogP contribution >= 0.6 is 12.2 Å². The van der Waals surface area contributed by atoms with E-state index in [2.05, 4.69) is 9.97 Å². The molecule has 2 heterocycles. The van der Waals surface area contributed by atoms with Crippen LogP contribution in [0.3, 0.4) is 0 Å². The predicted molar refractivity (Wildman–Crippen MR) is 113 cm³/mol. The van der Waals surface area contributed by atoms with Crippen LogP contribution in [0.15, 0.2) is 90.0 Å². The van der Waals surface area contributed by atoms with Gasteiger partial charge in [0.25, 0.3) is 5.56 Å². The third-order valence-corrected chi connectivity index (χ3v) is 5.07. The van der Waals surface area contributed by atoms with Gasteiger partial charge >= 0.3 is 0 Å². The molecule has 0 aliphatic heterocycles. The van der Waals surface area contributed by atoms with Crippen molar-refractivity contribution in [2.45, 2.75) is 0 Å². The van der Waals surface area contributed by atoms with Crippen molar-refractivity contribution < 1.29 is 0 Å². The Morgan fingerprint density at radius 3 is 2.21 bits per heavy atom. The molecule has 5 nitrogen and oxygen atoms in total. The van der Waals surface area contributed by atoms with Crippen LogP contribution in [0.2, 0.25) is 0 Å². The van der Waals surface area contributed by atoms with E-state index in [1.54, 1.807) is 4.57 Å². The number of para-hydroxylation sites is 3. The summed E-state index contributed by atoms with van der Waals surface area (Å²) in [6, 6.07) is 24.6. The van der Waals surface area contributed by atoms with E-state index in [1.807, 2.05) is 83.4 Å². The predicted octanol–water partition coefficient (Wildman–Crippen LogP) is 4.45. The zero-order valence-corrected chi connectivity index (χ0v) is 15.5. The van der Waals surface area contributed by atoms with Gasteiger partial charge in [0.05, 0.1) is 22.1 Å². The zero-order chi connectivity index (χ0) is 19.1. The fourth-order valence-corrected chi connectivity index (χ4v) is 3.81. The SMILES string of the molecule is O=c1c2ccccc2n(-c2ncnc3ccccc23)c(=S)n1-c1ccccc1. The summed E-state index contributed by atoms with van der Waals surface area (Å²) in [7, 11) is 0. The molecule has 0 unspecified atom stereocenters. The van der Waals surface area contributed by atoms with E-state index in [0.717, 1.165) is 16.6 Å². The van der Waals surface area contributed by atoms with Gasteiger partial charge in [0.15, 0.2) is 10.6 Å². The van der Waals surface area contributed by atoms with E-state index < -0.39 is 0 Å². The van der Waals surface area contributed by atoms with Crippen molar-refractivity contribution in [3.63, 3.8) is 0 Å². The molecule has 0 aliphatic carbocycles. The summed E-state index contributed by atoms with van der Waals surface area (Å²) in [5, 5.41) is 1.44. The van der Waals surface area contributed by atoms with Crippen molar-refractivity contribution >= 4 is 34.0 Å². The smallest absolute Gasteiger partial charge is 0.266 e. The second kappa shape index (κ2) is 6.51. The molecule has 0 radical (unpaired) electrons. The number of benzene rings is 3. The van der Waals surface area contributed by atoms with Gasteiger partial charge in [-0.2, -0.15) is 0 Å². The van der Waals surface area contributed by atoms with Gasteiger partial charge in [-0.25, -0.2) is 9.97 Å². The molecule has 0 fully saturated rings. The van der Waals surface area contributed by atoms with Crippen molar-refractivity contribution in [3.05, 3.63) is 100 Å². The first-order chi connectivity index (χ1) is 13.8. The third-order valence-electron chi connectivity index (χ3n) is 4.71. The number of hydrogen-bond donors (Lipinski definition) is 0. The zero-order valence-electron chi connectivity index (χ0n) is 14.7. The van der Waals surface area contributed by atoms with Crippen molar-refractivity contribution in [1.82, 2.24) is 19.1 Å². The Morgan fingerprint density at radius 1 is 0.714 bits per heavy atom. The lowest BCUT2D eigenvalue weighted by Crippen LogP contribution is -2.24. The summed E-state index contributed by atoms with van der Waals surface area (Å²) in [4.78, 5) is 22.1. The van der Waals surface area contributed by atoms with Gasteiger partial charge in [-0.05, 0) is 48.6 Å². The maximum absolute atomic E-state index is 13.2. The second-order valence-electron chi connectivity index (χ2n) is 6.33. The van der Waals surface area contributed by atoms with Gasteiger partial charge in [0.1, 0.15) is 6.33 Å². The number of fused-ring (bicyclic) bond motifs is 2. The van der Waals surface area contributed by atoms with Crippen LogP contribution in [0.5, 0.6) is 0 Å². The van der Waals surface area contributed by atoms with Gasteiger partial charge in [-0.15, -0.1) is 0 Å². The normalized spacial score (nSPS) is 11.1. The molecular formula is C22H14N4OS. The lowest BCUT2D eigenvalue weighted by atomic mass is 10.2. The largest absolute Gasteiger partial charge is 0.269 e. The molecule has 3 aromatic carbocycles. The monoisotopic (exact) mass is 382 g/mol. The van der Waals surface area contributed by atoms with E-state index in [0.29, 0.717) is 21.5 Å². The summed E-state index contributed by atoms with van der Waals surface area (Å²) in [6.07, 6.45) is 1.52. The van der Waals surface area contributed by atoms with Crippen molar-refractivity contribution in [1.29, 1.82) is 0 Å². The molecule has 5 rings (SSSR count). The van der Waals surface area contributed by atoms with Crippen LogP contribution in [0.1, 0.15) is 0 Å². The fourth-order valence-electron chi connectivity index (χ4n) is 3.44. The van der Waals surface area contributed by atoms with Crippen LogP contribution in [-0.4, -0.2) is 19.1 Å². The maximum Gasteiger partial charge on any atom is 0.266 e. The molecule has 2 aromatic heterocycles. The Kier molecular flexibility index (Phi) is 3.84. The van der Waals surface area contributed by atoms with Gasteiger partial charge in [0, 0.05) is 5.39 Å². The standard InChI is InChI=1S/C22H14N4OS/c27-21-17-11-5-7-13-19(17)26(22(28)25(21)15-8-2-1-3-9-15)20-16-10-4-6-12-18(16)23-14-24-20/h1-14H. The summed E-state index contributed by atoms with van der Waals surface area (Å²) in [5.41, 5.74) is 2.10. The molecule has 134 valence electrons. The van der Waals surface area contributed by atoms with Crippen molar-refractivity contribution in [3.8, 4) is 11.5 Å². The Balaban J connectivity index is 2.00. The van der Waals surface area contributed by atoms with Gasteiger partial charge < -0.3 is 0 Å². The number of nitrogens with zero attached hydrogens (tertiary/aromatic N) is 4. The lowest BCUT2D eigenvalue weighted by Gasteiger charge is -2.16. The third kappa shape index (κ3) is 2.46. The van der Waals surface area contributed by atoms with Crippen molar-refractivity contribution in [2.75, 3.05) is 0 Å². The van der Waals surface area contributed by atoms with Crippen LogP contribution in [0.4, 0.5) is 0 Å². The topological polar surface area (TPSA) is 52.7 Å². The van der Waals surface area contributed by atoms with Gasteiger partial charge in [0.2, 0.25) is 0 Å². The average Bonchev–Trinajstić information content (AvgIpc) is 2.75. The molecule has 6 heteroatoms. The summed E-state index contributed by atoms with van der Waals surface area (Å²) >= 11 is 5.80. The number of aromatic nitrogens is 4. The molecule has 0 aliphatic rings. The van der Waals surface area contributed by atoms with E-state index >= 15 is 0 Å². The summed E-state index contributed by atoms with van der Waals surface area (Å²) < 4.78 is 3.76. The van der Waals surface area contributed by atoms with Crippen LogP contribution in [-0.2, 0) is 0 Å². The highest BCUT2D eigenvalue weighted by atomic mass is 32.1. The maximum atomic E-state index is 13.2. The quantitative estimate of drug-likeness (QED) is 0.423. The van der Waals surface area contributed by atoms with E-state index in [1.165, 1.54) is 6.33 Å². The van der Waals surface area contributed by atoms with Crippen LogP contribution in [0.25, 0.3) is 33.3 Å². The Labute approximate surface area is 165 Å². The summed E-state index contributed by atoms with van der Waals surface area (Å²) in [5.74, 6) is 0.650. The first-order valence-corrected chi connectivity index (χ1v) is 9.19. The van der Waals surface area contributed by atoms with Crippen LogP contribution in [0, 0.1) is 4.77 Å². The highest BCUT2D eigenvalue weighted by Crippen LogP contribution is 2.23. The second-order valence-corrected chi connectivity index (χ2v) is 6.69. The van der Waals surface area contributed by atoms with E-state index in [4.69, 9.17) is 12.2 Å². The Hall–Kier alpha value is -3.64. The molecule has 0 saturated carbocycles. The minimum atomic E-state index is -0.151. The molecule has 0 spiro atoms. The number of hydrogen-bond acceptors (Lipinski definition) is 4. The fraction of sp³-hybridized carbons (Fsp3) is 0. The Bertz CT molecular complexity index is 1450. The first kappa shape index (κ1) is 16.5. The highest BCUT2D eigenvalue weighted by Gasteiger charge is 2.15. The lowest BCUT2D eigenvalue weighted by molar-refractivity contribution is 0.860. The minimum absolute atomic E-state index is 0.151.